The molecule has 0 rings (SSSR count). The van der Waals surface area contributed by atoms with E-state index in [1.54, 1.807) is 6.26 Å². The summed E-state index contributed by atoms with van der Waals surface area (Å²) in [7, 11) is 1.61. The van der Waals surface area contributed by atoms with Gasteiger partial charge in [-0.05, 0) is 51.0 Å². The molecule has 0 aromatic heterocycles. The molecule has 0 amide bonds. The Labute approximate surface area is 327 Å². The fraction of sp³-hybridized carbons (Fsp3) is 0.841. The second-order valence-electron chi connectivity index (χ2n) is 15.8. The van der Waals surface area contributed by atoms with Gasteiger partial charge in [-0.15, -0.1) is 0 Å². The van der Waals surface area contributed by atoms with Gasteiger partial charge in [-0.1, -0.05) is 160 Å². The van der Waals surface area contributed by atoms with Gasteiger partial charge in [0.15, 0.2) is 6.10 Å². The van der Waals surface area contributed by atoms with E-state index in [1.807, 2.05) is 27.2 Å². The maximum absolute atomic E-state index is 12.6. The molecule has 0 aliphatic rings. The van der Waals surface area contributed by atoms with Crippen LogP contribution in [0.4, 0.5) is 0 Å². The lowest BCUT2D eigenvalue weighted by Gasteiger charge is -2.24. The van der Waals surface area contributed by atoms with Crippen molar-refractivity contribution in [3.63, 3.8) is 0 Å². The van der Waals surface area contributed by atoms with Crippen LogP contribution < -0.4 is 0 Å². The van der Waals surface area contributed by atoms with Crippen LogP contribution in [0.25, 0.3) is 0 Å². The van der Waals surface area contributed by atoms with E-state index < -0.39 is 13.9 Å². The first kappa shape index (κ1) is 51.6. The smallest absolute Gasteiger partial charge is 0.472 e. The van der Waals surface area contributed by atoms with Gasteiger partial charge in [-0.2, -0.15) is 0 Å². The largest absolute Gasteiger partial charge is 0.498 e. The quantitative estimate of drug-likeness (QED) is 0.0166. The first-order valence-corrected chi connectivity index (χ1v) is 23.3. The van der Waals surface area contributed by atoms with E-state index in [2.05, 4.69) is 38.2 Å². The van der Waals surface area contributed by atoms with E-state index in [0.29, 0.717) is 17.4 Å². The first-order valence-electron chi connectivity index (χ1n) is 21.8. The molecule has 312 valence electrons. The van der Waals surface area contributed by atoms with Crippen molar-refractivity contribution in [1.29, 1.82) is 0 Å². The molecular formula is C44H85NO7P+. The van der Waals surface area contributed by atoms with Crippen molar-refractivity contribution in [2.24, 2.45) is 0 Å². The molecule has 0 aromatic rings. The number of allylic oxidation sites excluding steroid dienone is 5. The molecule has 0 saturated carbocycles. The lowest BCUT2D eigenvalue weighted by atomic mass is 10.0. The Bertz CT molecular complexity index is 947. The molecule has 0 saturated heterocycles. The van der Waals surface area contributed by atoms with Gasteiger partial charge in [-0.3, -0.25) is 13.8 Å². The maximum Gasteiger partial charge on any atom is 0.472 e. The number of carbonyl (C=O) groups excluding carboxylic acids is 1. The number of hydrogen-bond donors (Lipinski definition) is 1. The second-order valence-corrected chi connectivity index (χ2v) is 17.2. The molecule has 1 N–H and O–H groups in total. The Kier molecular flexibility index (Phi) is 36.5. The zero-order chi connectivity index (χ0) is 39.1. The average molecular weight is 771 g/mol. The number of unbranched alkanes of at least 4 members (excludes halogenated alkanes) is 22. The molecule has 0 aliphatic carbocycles. The predicted octanol–water partition coefficient (Wildman–Crippen LogP) is 13.0. The van der Waals surface area contributed by atoms with Crippen LogP contribution in [-0.4, -0.2) is 69.0 Å². The van der Waals surface area contributed by atoms with Gasteiger partial charge in [0, 0.05) is 6.42 Å². The fourth-order valence-corrected chi connectivity index (χ4v) is 6.59. The predicted molar refractivity (Wildman–Crippen MR) is 224 cm³/mol. The van der Waals surface area contributed by atoms with Crippen molar-refractivity contribution in [3.05, 3.63) is 36.6 Å². The van der Waals surface area contributed by atoms with Crippen LogP contribution in [0.15, 0.2) is 36.6 Å². The fourth-order valence-electron chi connectivity index (χ4n) is 5.85. The zero-order valence-electron chi connectivity index (χ0n) is 35.3. The Morgan fingerprint density at radius 2 is 1.06 bits per heavy atom. The monoisotopic (exact) mass is 771 g/mol. The third-order valence-electron chi connectivity index (χ3n) is 9.27. The Balaban J connectivity index is 4.36. The van der Waals surface area contributed by atoms with E-state index in [0.717, 1.165) is 32.1 Å². The minimum atomic E-state index is -4.30. The molecule has 0 fully saturated rings. The first-order chi connectivity index (χ1) is 25.6. The van der Waals surface area contributed by atoms with E-state index in [-0.39, 0.29) is 32.2 Å². The normalized spacial score (nSPS) is 14.1. The molecule has 0 aromatic carbocycles. The van der Waals surface area contributed by atoms with E-state index in [4.69, 9.17) is 18.5 Å². The third-order valence-corrected chi connectivity index (χ3v) is 10.3. The molecule has 2 atom stereocenters. The lowest BCUT2D eigenvalue weighted by Crippen LogP contribution is -2.37. The molecule has 0 bridgehead atoms. The van der Waals surface area contributed by atoms with E-state index in [9.17, 15) is 14.3 Å². The number of carbonyl (C=O) groups is 1. The number of rotatable bonds is 40. The van der Waals surface area contributed by atoms with Crippen molar-refractivity contribution in [3.8, 4) is 0 Å². The summed E-state index contributed by atoms with van der Waals surface area (Å²) >= 11 is 0. The highest BCUT2D eigenvalue weighted by Gasteiger charge is 2.26. The van der Waals surface area contributed by atoms with Crippen molar-refractivity contribution in [2.45, 2.75) is 193 Å². The summed E-state index contributed by atoms with van der Waals surface area (Å²) in [6, 6.07) is 0. The number of hydrogen-bond acceptors (Lipinski definition) is 6. The average Bonchev–Trinajstić information content (AvgIpc) is 3.11. The number of likely N-dealkylation sites (N-methyl/N-ethyl adjacent to an activating group) is 1. The van der Waals surface area contributed by atoms with Gasteiger partial charge in [-0.25, -0.2) is 4.57 Å². The summed E-state index contributed by atoms with van der Waals surface area (Å²) in [5.74, 6) is -0.379. The van der Waals surface area contributed by atoms with Crippen LogP contribution in [0, 0.1) is 0 Å². The highest BCUT2D eigenvalue weighted by atomic mass is 31.2. The van der Waals surface area contributed by atoms with Gasteiger partial charge >= 0.3 is 13.8 Å². The molecular weight excluding hydrogens is 685 g/mol. The molecule has 0 aliphatic heterocycles. The highest BCUT2D eigenvalue weighted by molar-refractivity contribution is 7.47. The van der Waals surface area contributed by atoms with Crippen LogP contribution in [-0.2, 0) is 27.9 Å². The van der Waals surface area contributed by atoms with Gasteiger partial charge in [0.2, 0.25) is 0 Å². The second kappa shape index (κ2) is 37.5. The van der Waals surface area contributed by atoms with Crippen LogP contribution in [0.2, 0.25) is 0 Å². The van der Waals surface area contributed by atoms with Crippen LogP contribution in [0.5, 0.6) is 0 Å². The summed E-state index contributed by atoms with van der Waals surface area (Å²) in [5.41, 5.74) is 0. The molecule has 53 heavy (non-hydrogen) atoms. The molecule has 9 heteroatoms. The zero-order valence-corrected chi connectivity index (χ0v) is 36.1. The summed E-state index contributed by atoms with van der Waals surface area (Å²) in [4.78, 5) is 22.8. The van der Waals surface area contributed by atoms with Crippen molar-refractivity contribution in [1.82, 2.24) is 0 Å². The summed E-state index contributed by atoms with van der Waals surface area (Å²) in [6.45, 7) is 4.89. The minimum absolute atomic E-state index is 0.0326. The maximum atomic E-state index is 12.6. The topological polar surface area (TPSA) is 91.3 Å². The van der Waals surface area contributed by atoms with Gasteiger partial charge in [0.1, 0.15) is 19.8 Å². The summed E-state index contributed by atoms with van der Waals surface area (Å²) in [6.07, 6.45) is 44.2. The Morgan fingerprint density at radius 3 is 1.55 bits per heavy atom. The number of esters is 1. The number of ether oxygens (including phenoxy) is 2. The summed E-state index contributed by atoms with van der Waals surface area (Å²) in [5, 5.41) is 0. The van der Waals surface area contributed by atoms with Crippen LogP contribution in [0.3, 0.4) is 0 Å². The molecule has 8 nitrogen and oxygen atoms in total. The van der Waals surface area contributed by atoms with Gasteiger partial charge < -0.3 is 18.9 Å². The third kappa shape index (κ3) is 41.6. The van der Waals surface area contributed by atoms with Gasteiger partial charge in [0.25, 0.3) is 0 Å². The minimum Gasteiger partial charge on any atom is -0.498 e. The number of quaternary nitrogens is 1. The Morgan fingerprint density at radius 1 is 0.604 bits per heavy atom. The molecule has 0 spiro atoms. The Hall–Kier alpha value is -1.44. The molecule has 1 unspecified atom stereocenters. The summed E-state index contributed by atoms with van der Waals surface area (Å²) < 4.78 is 34.7. The van der Waals surface area contributed by atoms with Crippen molar-refractivity contribution in [2.75, 3.05) is 47.5 Å². The molecule has 0 radical (unpaired) electrons. The number of phosphoric ester groups is 1. The van der Waals surface area contributed by atoms with E-state index in [1.165, 1.54) is 128 Å². The van der Waals surface area contributed by atoms with Crippen LogP contribution in [0.1, 0.15) is 187 Å². The molecule has 0 heterocycles. The lowest BCUT2D eigenvalue weighted by molar-refractivity contribution is -0.870. The standard InChI is InChI=1S/C44H84NO7P/c1-6-8-10-12-14-16-18-20-22-23-24-25-27-29-31-33-35-37-44(46)52-43(42-51-53(47,48)50-40-38-45(3,4)5)41-49-39-36-34-32-30-28-26-21-19-17-15-13-11-9-7-2/h24-25,29,31,36,39,43H,6-23,26-28,30,32-35,37-38,40-42H2,1-5H3/p+1/b25-24+,31-29+,39-36+/t43-/m1/s1. The van der Waals surface area contributed by atoms with Crippen molar-refractivity contribution >= 4 is 13.8 Å². The number of nitrogens with zero attached hydrogens (tertiary/aromatic N) is 1. The number of phosphoric acid groups is 1. The van der Waals surface area contributed by atoms with E-state index >= 15 is 0 Å². The highest BCUT2D eigenvalue weighted by Crippen LogP contribution is 2.43. The van der Waals surface area contributed by atoms with Crippen molar-refractivity contribution < 1.29 is 37.3 Å². The SMILES string of the molecule is CCCCCCCCCCC/C=C/C/C=C/CCCC(=O)O[C@H](CO/C=C/CCCCCCCCCCCCCC)COP(=O)(O)OCC[N+](C)(C)C. The van der Waals surface area contributed by atoms with Gasteiger partial charge in [0.05, 0.1) is 34.0 Å². The van der Waals surface area contributed by atoms with Crippen LogP contribution >= 0.6 is 7.82 Å².